The Labute approximate surface area is 165 Å². The summed E-state index contributed by atoms with van der Waals surface area (Å²) >= 11 is 0. The van der Waals surface area contributed by atoms with Crippen molar-refractivity contribution < 1.29 is 28.9 Å². The molecule has 0 radical (unpaired) electrons. The van der Waals surface area contributed by atoms with Crippen molar-refractivity contribution in [3.05, 3.63) is 35.9 Å². The molecule has 8 heteroatoms. The quantitative estimate of drug-likeness (QED) is 0.546. The molecule has 1 saturated heterocycles. The molecule has 3 N–H and O–H groups in total. The van der Waals surface area contributed by atoms with Crippen molar-refractivity contribution in [3.8, 4) is 0 Å². The molecule has 0 unspecified atom stereocenters. The van der Waals surface area contributed by atoms with E-state index >= 15 is 0 Å². The van der Waals surface area contributed by atoms with Crippen LogP contribution in [0.1, 0.15) is 31.2 Å². The number of hydrogen-bond donors (Lipinski definition) is 3. The molecule has 1 aliphatic heterocycles. The predicted octanol–water partition coefficient (Wildman–Crippen LogP) is 1.52. The fourth-order valence-electron chi connectivity index (χ4n) is 3.42. The maximum absolute atomic E-state index is 12.3. The van der Waals surface area contributed by atoms with Crippen molar-refractivity contribution in [1.82, 2.24) is 10.8 Å². The van der Waals surface area contributed by atoms with E-state index in [2.05, 4.69) is 10.8 Å². The highest BCUT2D eigenvalue weighted by Crippen LogP contribution is 2.19. The lowest BCUT2D eigenvalue weighted by Gasteiger charge is -2.27. The summed E-state index contributed by atoms with van der Waals surface area (Å²) in [5, 5.41) is 13.4. The van der Waals surface area contributed by atoms with Gasteiger partial charge in [-0.05, 0) is 24.8 Å². The predicted molar refractivity (Wildman–Crippen MR) is 101 cm³/mol. The third kappa shape index (κ3) is 7.03. The Morgan fingerprint density at radius 1 is 1.14 bits per heavy atom. The van der Waals surface area contributed by atoms with E-state index in [1.165, 1.54) is 12.8 Å². The first kappa shape index (κ1) is 21.0. The number of carbonyl (C=O) groups is 1. The maximum atomic E-state index is 12.3. The minimum Gasteiger partial charge on any atom is -0.441 e. The number of aliphatic hydroxyl groups is 1. The third-order valence-corrected chi connectivity index (χ3v) is 4.96. The van der Waals surface area contributed by atoms with Gasteiger partial charge < -0.3 is 24.6 Å². The van der Waals surface area contributed by atoms with Crippen LogP contribution in [0.25, 0.3) is 0 Å². The van der Waals surface area contributed by atoms with Gasteiger partial charge in [-0.15, -0.1) is 0 Å². The molecule has 2 aliphatic rings. The molecule has 2 atom stereocenters. The van der Waals surface area contributed by atoms with Crippen LogP contribution in [0.5, 0.6) is 0 Å². The zero-order valence-electron chi connectivity index (χ0n) is 16.0. The summed E-state index contributed by atoms with van der Waals surface area (Å²) < 4.78 is 15.6. The number of ether oxygens (including phenoxy) is 3. The SMILES string of the molecule is O=C(N[C@@H](Cc1ccccc1)[C@H](O)CNOC1CCCC1)OC1COCOC1. The topological polar surface area (TPSA) is 98.3 Å². The van der Waals surface area contributed by atoms with E-state index in [0.29, 0.717) is 19.6 Å². The molecule has 1 aliphatic carbocycles. The first-order valence-corrected chi connectivity index (χ1v) is 9.94. The van der Waals surface area contributed by atoms with Crippen LogP contribution in [-0.4, -0.2) is 62.1 Å². The molecule has 3 rings (SSSR count). The van der Waals surface area contributed by atoms with E-state index in [4.69, 9.17) is 19.0 Å². The molecule has 1 amide bonds. The van der Waals surface area contributed by atoms with Crippen LogP contribution in [0.3, 0.4) is 0 Å². The van der Waals surface area contributed by atoms with E-state index in [1.807, 2.05) is 30.3 Å². The van der Waals surface area contributed by atoms with Gasteiger partial charge in [-0.3, -0.25) is 4.84 Å². The summed E-state index contributed by atoms with van der Waals surface area (Å²) in [5.41, 5.74) is 3.87. The lowest BCUT2D eigenvalue weighted by molar-refractivity contribution is -0.151. The fraction of sp³-hybridized carbons (Fsp3) is 0.650. The second-order valence-corrected chi connectivity index (χ2v) is 7.27. The molecule has 8 nitrogen and oxygen atoms in total. The molecular weight excluding hydrogens is 364 g/mol. The summed E-state index contributed by atoms with van der Waals surface area (Å²) in [7, 11) is 0. The highest BCUT2D eigenvalue weighted by Gasteiger charge is 2.26. The third-order valence-electron chi connectivity index (χ3n) is 4.96. The van der Waals surface area contributed by atoms with E-state index in [9.17, 15) is 9.90 Å². The largest absolute Gasteiger partial charge is 0.441 e. The minimum absolute atomic E-state index is 0.198. The van der Waals surface area contributed by atoms with E-state index in [0.717, 1.165) is 18.4 Å². The van der Waals surface area contributed by atoms with Gasteiger partial charge in [0, 0.05) is 6.54 Å². The summed E-state index contributed by atoms with van der Waals surface area (Å²) in [6.07, 6.45) is 3.19. The van der Waals surface area contributed by atoms with Gasteiger partial charge in [0.05, 0.1) is 31.5 Å². The number of alkyl carbamates (subject to hydrolysis) is 1. The number of nitrogens with one attached hydrogen (secondary N) is 2. The van der Waals surface area contributed by atoms with Crippen LogP contribution >= 0.6 is 0 Å². The Hall–Kier alpha value is -1.71. The van der Waals surface area contributed by atoms with Crippen LogP contribution < -0.4 is 10.8 Å². The lowest BCUT2D eigenvalue weighted by Crippen LogP contribution is -2.50. The molecule has 0 aromatic heterocycles. The molecule has 0 spiro atoms. The lowest BCUT2D eigenvalue weighted by atomic mass is 10.0. The Kier molecular flexibility index (Phi) is 8.50. The first-order valence-electron chi connectivity index (χ1n) is 9.94. The molecule has 156 valence electrons. The van der Waals surface area contributed by atoms with Crippen molar-refractivity contribution in [1.29, 1.82) is 0 Å². The molecular formula is C20H30N2O6. The Bertz CT molecular complexity index is 575. The maximum Gasteiger partial charge on any atom is 0.407 e. The van der Waals surface area contributed by atoms with Crippen LogP contribution in [-0.2, 0) is 25.5 Å². The normalized spacial score (nSPS) is 20.6. The number of aliphatic hydroxyl groups excluding tert-OH is 1. The van der Waals surface area contributed by atoms with Crippen molar-refractivity contribution in [2.24, 2.45) is 0 Å². The highest BCUT2D eigenvalue weighted by atomic mass is 16.7. The van der Waals surface area contributed by atoms with Crippen LogP contribution in [0.4, 0.5) is 4.79 Å². The second kappa shape index (κ2) is 11.3. The van der Waals surface area contributed by atoms with Gasteiger partial charge >= 0.3 is 6.09 Å². The fourth-order valence-corrected chi connectivity index (χ4v) is 3.42. The number of carbonyl (C=O) groups excluding carboxylic acids is 1. The molecule has 0 bridgehead atoms. The standard InChI is InChI=1S/C20H30N2O6/c23-19(11-21-28-16-8-4-5-9-16)18(10-15-6-2-1-3-7-15)22-20(24)27-17-12-25-14-26-13-17/h1-3,6-7,16-19,21,23H,4-5,8-14H2,(H,22,24)/t18-,19+/m0/s1. The number of rotatable bonds is 9. The van der Waals surface area contributed by atoms with Gasteiger partial charge in [0.1, 0.15) is 6.79 Å². The average Bonchev–Trinajstić information content (AvgIpc) is 3.22. The summed E-state index contributed by atoms with van der Waals surface area (Å²) in [4.78, 5) is 17.9. The van der Waals surface area contributed by atoms with Gasteiger partial charge in [-0.2, -0.15) is 5.48 Å². The second-order valence-electron chi connectivity index (χ2n) is 7.27. The van der Waals surface area contributed by atoms with E-state index in [1.54, 1.807) is 0 Å². The number of benzene rings is 1. The number of hydroxylamine groups is 1. The smallest absolute Gasteiger partial charge is 0.407 e. The molecule has 1 heterocycles. The van der Waals surface area contributed by atoms with Crippen molar-refractivity contribution in [2.75, 3.05) is 26.6 Å². The Morgan fingerprint density at radius 2 is 1.86 bits per heavy atom. The zero-order chi connectivity index (χ0) is 19.6. The van der Waals surface area contributed by atoms with Gasteiger partial charge in [0.25, 0.3) is 0 Å². The van der Waals surface area contributed by atoms with Gasteiger partial charge in [-0.1, -0.05) is 43.2 Å². The number of hydrogen-bond acceptors (Lipinski definition) is 7. The highest BCUT2D eigenvalue weighted by molar-refractivity contribution is 5.68. The van der Waals surface area contributed by atoms with E-state index < -0.39 is 24.3 Å². The van der Waals surface area contributed by atoms with Crippen LogP contribution in [0, 0.1) is 0 Å². The summed E-state index contributed by atoms with van der Waals surface area (Å²) in [5.74, 6) is 0. The summed E-state index contributed by atoms with van der Waals surface area (Å²) in [6.45, 7) is 1.03. The molecule has 1 saturated carbocycles. The molecule has 1 aromatic rings. The van der Waals surface area contributed by atoms with Crippen molar-refractivity contribution >= 4 is 6.09 Å². The van der Waals surface area contributed by atoms with Crippen LogP contribution in [0.15, 0.2) is 30.3 Å². The van der Waals surface area contributed by atoms with Crippen LogP contribution in [0.2, 0.25) is 0 Å². The minimum atomic E-state index is -0.840. The van der Waals surface area contributed by atoms with Gasteiger partial charge in [0.15, 0.2) is 6.10 Å². The van der Waals surface area contributed by atoms with Gasteiger partial charge in [-0.25, -0.2) is 4.79 Å². The average molecular weight is 394 g/mol. The monoisotopic (exact) mass is 394 g/mol. The van der Waals surface area contributed by atoms with E-state index in [-0.39, 0.29) is 19.4 Å². The summed E-state index contributed by atoms with van der Waals surface area (Å²) in [6, 6.07) is 9.16. The Morgan fingerprint density at radius 3 is 2.57 bits per heavy atom. The number of amides is 1. The molecule has 2 fully saturated rings. The van der Waals surface area contributed by atoms with Gasteiger partial charge in [0.2, 0.25) is 0 Å². The Balaban J connectivity index is 1.51. The van der Waals surface area contributed by atoms with Crippen molar-refractivity contribution in [3.63, 3.8) is 0 Å². The zero-order valence-corrected chi connectivity index (χ0v) is 16.0. The molecule has 1 aromatic carbocycles. The molecule has 28 heavy (non-hydrogen) atoms. The first-order chi connectivity index (χ1) is 13.7. The van der Waals surface area contributed by atoms with Crippen molar-refractivity contribution in [2.45, 2.75) is 56.5 Å².